The number of unbranched alkanes of at least 4 members (excludes halogenated alkanes) is 1. The van der Waals surface area contributed by atoms with Gasteiger partial charge in [0.25, 0.3) is 5.91 Å². The van der Waals surface area contributed by atoms with E-state index in [1.165, 1.54) is 14.2 Å². The van der Waals surface area contributed by atoms with Crippen LogP contribution in [0.1, 0.15) is 49.4 Å². The van der Waals surface area contributed by atoms with Gasteiger partial charge >= 0.3 is 0 Å². The van der Waals surface area contributed by atoms with Gasteiger partial charge < -0.3 is 30.2 Å². The lowest BCUT2D eigenvalue weighted by atomic mass is 10.2. The van der Waals surface area contributed by atoms with Crippen LogP contribution in [-0.4, -0.2) is 51.7 Å². The summed E-state index contributed by atoms with van der Waals surface area (Å²) in [4.78, 5) is 37.0. The molecule has 3 N–H and O–H groups in total. The molecule has 0 aromatic heterocycles. The van der Waals surface area contributed by atoms with Crippen molar-refractivity contribution in [3.63, 3.8) is 0 Å². The zero-order valence-corrected chi connectivity index (χ0v) is 20.6. The van der Waals surface area contributed by atoms with E-state index >= 15 is 0 Å². The van der Waals surface area contributed by atoms with Gasteiger partial charge in [0.1, 0.15) is 11.5 Å². The maximum absolute atomic E-state index is 12.5. The first-order chi connectivity index (χ1) is 17.0. The highest BCUT2D eigenvalue weighted by Gasteiger charge is 2.16. The Kier molecular flexibility index (Phi) is 12.1. The second kappa shape index (κ2) is 15.3. The molecule has 3 amide bonds. The molecule has 0 aliphatic heterocycles. The molecule has 2 aromatic rings. The highest BCUT2D eigenvalue weighted by Crippen LogP contribution is 2.36. The van der Waals surface area contributed by atoms with Crippen LogP contribution >= 0.6 is 0 Å². The summed E-state index contributed by atoms with van der Waals surface area (Å²) >= 11 is 0. The lowest BCUT2D eigenvalue weighted by molar-refractivity contribution is -0.124. The van der Waals surface area contributed by atoms with Gasteiger partial charge in [0.15, 0.2) is 0 Å². The Balaban J connectivity index is 1.88. The second-order valence-electron chi connectivity index (χ2n) is 7.79. The highest BCUT2D eigenvalue weighted by atomic mass is 16.5. The molecule has 0 fully saturated rings. The van der Waals surface area contributed by atoms with Crippen molar-refractivity contribution in [3.8, 4) is 11.5 Å². The third-order valence-electron chi connectivity index (χ3n) is 5.09. The van der Waals surface area contributed by atoms with Gasteiger partial charge in [0, 0.05) is 50.3 Å². The van der Waals surface area contributed by atoms with Gasteiger partial charge in [0.05, 0.1) is 25.6 Å². The number of anilines is 2. The number of methoxy groups -OCH3 is 2. The summed E-state index contributed by atoms with van der Waals surface area (Å²) in [5, 5.41) is 8.32. The number of benzene rings is 2. The zero-order valence-electron chi connectivity index (χ0n) is 20.6. The molecule has 0 aliphatic carbocycles. The van der Waals surface area contributed by atoms with E-state index < -0.39 is 0 Å². The molecule has 0 unspecified atom stereocenters. The van der Waals surface area contributed by atoms with Crippen LogP contribution < -0.4 is 25.4 Å². The van der Waals surface area contributed by atoms with Crippen molar-refractivity contribution in [1.29, 1.82) is 0 Å². The Morgan fingerprint density at radius 3 is 2.03 bits per heavy atom. The fourth-order valence-corrected chi connectivity index (χ4v) is 3.16. The molecule has 9 nitrogen and oxygen atoms in total. The van der Waals surface area contributed by atoms with Crippen LogP contribution in [0, 0.1) is 0 Å². The molecule has 0 heterocycles. The third-order valence-corrected chi connectivity index (χ3v) is 5.09. The molecular formula is C26H35N3O6. The minimum atomic E-state index is -0.343. The van der Waals surface area contributed by atoms with Crippen LogP contribution in [0.15, 0.2) is 42.5 Å². The lowest BCUT2D eigenvalue weighted by Gasteiger charge is -2.16. The van der Waals surface area contributed by atoms with Crippen molar-refractivity contribution in [2.45, 2.75) is 39.0 Å². The Morgan fingerprint density at radius 2 is 1.40 bits per heavy atom. The molecular weight excluding hydrogens is 450 g/mol. The summed E-state index contributed by atoms with van der Waals surface area (Å²) in [5.41, 5.74) is 1.26. The van der Waals surface area contributed by atoms with Gasteiger partial charge in [-0.25, -0.2) is 0 Å². The number of rotatable bonds is 15. The Hall–Kier alpha value is -3.59. The summed E-state index contributed by atoms with van der Waals surface area (Å²) in [7, 11) is 2.92. The average molecular weight is 486 g/mol. The van der Waals surface area contributed by atoms with E-state index in [0.717, 1.165) is 25.9 Å². The standard InChI is InChI=1S/C26H35N3O6/c1-4-5-15-35-16-9-14-27-24(30)12-13-25(31)28-20-17-23(34-3)21(18-22(20)33-2)29-26(32)19-10-7-6-8-11-19/h6-8,10-11,17-18H,4-5,9,12-16H2,1-3H3,(H,27,30)(H,28,31)(H,29,32). The number of hydrogen-bond acceptors (Lipinski definition) is 6. The van der Waals surface area contributed by atoms with Crippen molar-refractivity contribution in [2.75, 3.05) is 44.6 Å². The van der Waals surface area contributed by atoms with Crippen molar-refractivity contribution < 1.29 is 28.6 Å². The molecule has 35 heavy (non-hydrogen) atoms. The molecule has 0 atom stereocenters. The first-order valence-electron chi connectivity index (χ1n) is 11.7. The van der Waals surface area contributed by atoms with E-state index in [4.69, 9.17) is 14.2 Å². The van der Waals surface area contributed by atoms with Crippen molar-refractivity contribution >= 4 is 29.1 Å². The second-order valence-corrected chi connectivity index (χ2v) is 7.79. The normalized spacial score (nSPS) is 10.4. The first kappa shape index (κ1) is 27.7. The lowest BCUT2D eigenvalue weighted by Crippen LogP contribution is -2.26. The Labute approximate surface area is 206 Å². The summed E-state index contributed by atoms with van der Waals surface area (Å²) in [6, 6.07) is 11.9. The van der Waals surface area contributed by atoms with E-state index in [-0.39, 0.29) is 30.6 Å². The van der Waals surface area contributed by atoms with Crippen LogP contribution in [0.3, 0.4) is 0 Å². The van der Waals surface area contributed by atoms with Crippen LogP contribution in [0.4, 0.5) is 11.4 Å². The number of hydrogen-bond donors (Lipinski definition) is 3. The first-order valence-corrected chi connectivity index (χ1v) is 11.7. The zero-order chi connectivity index (χ0) is 25.5. The smallest absolute Gasteiger partial charge is 0.255 e. The number of carbonyl (C=O) groups excluding carboxylic acids is 3. The third kappa shape index (κ3) is 9.66. The van der Waals surface area contributed by atoms with Gasteiger partial charge in [0.2, 0.25) is 11.8 Å². The fourth-order valence-electron chi connectivity index (χ4n) is 3.16. The molecule has 0 radical (unpaired) electrons. The number of amides is 3. The predicted octanol–water partition coefficient (Wildman–Crippen LogP) is 4.00. The summed E-state index contributed by atoms with van der Waals surface area (Å²) < 4.78 is 16.2. The molecule has 190 valence electrons. The molecule has 2 rings (SSSR count). The van der Waals surface area contributed by atoms with Crippen LogP contribution in [0.25, 0.3) is 0 Å². The SMILES string of the molecule is CCCCOCCCNC(=O)CCC(=O)Nc1cc(OC)c(NC(=O)c2ccccc2)cc1OC. The molecule has 0 aliphatic rings. The van der Waals surface area contributed by atoms with E-state index in [1.807, 2.05) is 6.07 Å². The maximum Gasteiger partial charge on any atom is 0.255 e. The number of ether oxygens (including phenoxy) is 3. The molecule has 9 heteroatoms. The topological polar surface area (TPSA) is 115 Å². The van der Waals surface area contributed by atoms with Gasteiger partial charge in [-0.15, -0.1) is 0 Å². The van der Waals surface area contributed by atoms with E-state index in [0.29, 0.717) is 41.6 Å². The van der Waals surface area contributed by atoms with E-state index in [2.05, 4.69) is 22.9 Å². The molecule has 2 aromatic carbocycles. The van der Waals surface area contributed by atoms with Crippen LogP contribution in [-0.2, 0) is 14.3 Å². The Morgan fingerprint density at radius 1 is 0.800 bits per heavy atom. The summed E-state index contributed by atoms with van der Waals surface area (Å²) in [5.74, 6) is -0.151. The number of nitrogens with one attached hydrogen (secondary N) is 3. The van der Waals surface area contributed by atoms with Crippen LogP contribution in [0.2, 0.25) is 0 Å². The van der Waals surface area contributed by atoms with Gasteiger partial charge in [-0.05, 0) is 25.0 Å². The largest absolute Gasteiger partial charge is 0.494 e. The minimum absolute atomic E-state index is 0.0107. The van der Waals surface area contributed by atoms with Crippen molar-refractivity contribution in [2.24, 2.45) is 0 Å². The Bertz CT molecular complexity index is 965. The van der Waals surface area contributed by atoms with Gasteiger partial charge in [-0.3, -0.25) is 14.4 Å². The highest BCUT2D eigenvalue weighted by molar-refractivity contribution is 6.05. The number of carbonyl (C=O) groups is 3. The molecule has 0 spiro atoms. The monoisotopic (exact) mass is 485 g/mol. The van der Waals surface area contributed by atoms with Gasteiger partial charge in [-0.2, -0.15) is 0 Å². The summed E-state index contributed by atoms with van der Waals surface area (Å²) in [6.45, 7) is 3.95. The fraction of sp³-hybridized carbons (Fsp3) is 0.423. The van der Waals surface area contributed by atoms with Gasteiger partial charge in [-0.1, -0.05) is 31.5 Å². The van der Waals surface area contributed by atoms with Crippen LogP contribution in [0.5, 0.6) is 11.5 Å². The average Bonchev–Trinajstić information content (AvgIpc) is 2.87. The minimum Gasteiger partial charge on any atom is -0.494 e. The quantitative estimate of drug-likeness (QED) is 0.329. The van der Waals surface area contributed by atoms with E-state index in [1.54, 1.807) is 36.4 Å². The predicted molar refractivity (Wildman–Crippen MR) is 135 cm³/mol. The molecule has 0 bridgehead atoms. The molecule has 0 saturated heterocycles. The maximum atomic E-state index is 12.5. The van der Waals surface area contributed by atoms with Crippen molar-refractivity contribution in [3.05, 3.63) is 48.0 Å². The van der Waals surface area contributed by atoms with Crippen molar-refractivity contribution in [1.82, 2.24) is 5.32 Å². The summed E-state index contributed by atoms with van der Waals surface area (Å²) in [6.07, 6.45) is 2.92. The molecule has 0 saturated carbocycles. The van der Waals surface area contributed by atoms with E-state index in [9.17, 15) is 14.4 Å².